The summed E-state index contributed by atoms with van der Waals surface area (Å²) in [4.78, 5) is 6.73. The molecule has 3 rings (SSSR count). The van der Waals surface area contributed by atoms with Gasteiger partial charge in [0.25, 0.3) is 0 Å². The molecule has 0 atom stereocenters. The van der Waals surface area contributed by atoms with Gasteiger partial charge >= 0.3 is 0 Å². The molecular formula is C14H16ClN3O2S2. The Bertz CT molecular complexity index is 709. The van der Waals surface area contributed by atoms with E-state index in [1.165, 1.54) is 12.1 Å². The molecule has 2 aromatic rings. The molecule has 0 saturated carbocycles. The van der Waals surface area contributed by atoms with E-state index in [9.17, 15) is 8.42 Å². The van der Waals surface area contributed by atoms with Crippen molar-refractivity contribution in [2.75, 3.05) is 18.0 Å². The van der Waals surface area contributed by atoms with E-state index < -0.39 is 10.0 Å². The lowest BCUT2D eigenvalue weighted by Crippen LogP contribution is -2.44. The molecule has 118 valence electrons. The van der Waals surface area contributed by atoms with E-state index in [4.69, 9.17) is 11.6 Å². The molecule has 1 aromatic heterocycles. The Labute approximate surface area is 139 Å². The molecule has 5 nitrogen and oxygen atoms in total. The van der Waals surface area contributed by atoms with Crippen LogP contribution in [0.3, 0.4) is 0 Å². The van der Waals surface area contributed by atoms with Crippen LogP contribution in [0.15, 0.2) is 40.7 Å². The molecule has 8 heteroatoms. The fourth-order valence-electron chi connectivity index (χ4n) is 2.46. The summed E-state index contributed by atoms with van der Waals surface area (Å²) >= 11 is 7.40. The van der Waals surface area contributed by atoms with Crippen LogP contribution >= 0.6 is 22.9 Å². The van der Waals surface area contributed by atoms with Crippen LogP contribution in [-0.2, 0) is 10.0 Å². The number of hydrogen-bond acceptors (Lipinski definition) is 5. The van der Waals surface area contributed by atoms with E-state index in [1.807, 2.05) is 5.38 Å². The molecule has 1 saturated heterocycles. The average Bonchev–Trinajstić information content (AvgIpc) is 3.02. The van der Waals surface area contributed by atoms with Gasteiger partial charge in [0.15, 0.2) is 5.13 Å². The summed E-state index contributed by atoms with van der Waals surface area (Å²) in [5, 5.41) is 3.47. The summed E-state index contributed by atoms with van der Waals surface area (Å²) in [5.74, 6) is 0. The van der Waals surface area contributed by atoms with E-state index in [0.29, 0.717) is 5.02 Å². The third-order valence-corrected chi connectivity index (χ3v) is 6.25. The number of piperidine rings is 1. The van der Waals surface area contributed by atoms with Crippen molar-refractivity contribution >= 4 is 38.1 Å². The molecule has 0 aliphatic carbocycles. The van der Waals surface area contributed by atoms with Crippen molar-refractivity contribution in [1.29, 1.82) is 0 Å². The fraction of sp³-hybridized carbons (Fsp3) is 0.357. The largest absolute Gasteiger partial charge is 0.348 e. The highest BCUT2D eigenvalue weighted by Crippen LogP contribution is 2.23. The maximum atomic E-state index is 12.3. The van der Waals surface area contributed by atoms with E-state index in [1.54, 1.807) is 29.7 Å². The second-order valence-electron chi connectivity index (χ2n) is 5.15. The summed E-state index contributed by atoms with van der Waals surface area (Å²) in [6, 6.07) is 6.17. The second-order valence-corrected chi connectivity index (χ2v) is 8.17. The van der Waals surface area contributed by atoms with Crippen LogP contribution in [0.5, 0.6) is 0 Å². The standard InChI is InChI=1S/C14H16ClN3O2S2/c15-11-1-3-13(4-2-11)22(19,20)17-12-5-8-18(9-6-12)14-16-7-10-21-14/h1-4,7,10,12,17H,5-6,8-9H2. The predicted octanol–water partition coefficient (Wildman–Crippen LogP) is 2.74. The number of nitrogens with one attached hydrogen (secondary N) is 1. The van der Waals surface area contributed by atoms with Gasteiger partial charge in [0.1, 0.15) is 0 Å². The number of sulfonamides is 1. The quantitative estimate of drug-likeness (QED) is 0.913. The van der Waals surface area contributed by atoms with E-state index >= 15 is 0 Å². The maximum Gasteiger partial charge on any atom is 0.240 e. The Kier molecular flexibility index (Phi) is 4.67. The fourth-order valence-corrected chi connectivity index (χ4v) is 4.59. The topological polar surface area (TPSA) is 62.3 Å². The molecule has 0 radical (unpaired) electrons. The van der Waals surface area contributed by atoms with Crippen LogP contribution in [0, 0.1) is 0 Å². The van der Waals surface area contributed by atoms with Crippen molar-refractivity contribution in [2.45, 2.75) is 23.8 Å². The number of anilines is 1. The lowest BCUT2D eigenvalue weighted by Gasteiger charge is -2.31. The lowest BCUT2D eigenvalue weighted by molar-refractivity contribution is 0.460. The van der Waals surface area contributed by atoms with Gasteiger partial charge < -0.3 is 4.90 Å². The molecule has 1 fully saturated rings. The van der Waals surface area contributed by atoms with Crippen LogP contribution in [0.4, 0.5) is 5.13 Å². The highest BCUT2D eigenvalue weighted by Gasteiger charge is 2.25. The highest BCUT2D eigenvalue weighted by molar-refractivity contribution is 7.89. The molecule has 2 heterocycles. The number of benzene rings is 1. The Balaban J connectivity index is 1.61. The molecule has 1 aliphatic rings. The van der Waals surface area contributed by atoms with Gasteiger partial charge in [0.05, 0.1) is 4.90 Å². The van der Waals surface area contributed by atoms with Crippen molar-refractivity contribution < 1.29 is 8.42 Å². The van der Waals surface area contributed by atoms with Crippen LogP contribution in [0.1, 0.15) is 12.8 Å². The summed E-state index contributed by atoms with van der Waals surface area (Å²) < 4.78 is 27.5. The zero-order chi connectivity index (χ0) is 15.6. The Morgan fingerprint density at radius 1 is 1.23 bits per heavy atom. The number of nitrogens with zero attached hydrogens (tertiary/aromatic N) is 2. The Morgan fingerprint density at radius 2 is 1.91 bits per heavy atom. The first-order chi connectivity index (χ1) is 10.5. The third-order valence-electron chi connectivity index (χ3n) is 3.63. The monoisotopic (exact) mass is 357 g/mol. The Hall–Kier alpha value is -1.15. The molecule has 22 heavy (non-hydrogen) atoms. The number of thiazole rings is 1. The van der Waals surface area contributed by atoms with Gasteiger partial charge in [-0.05, 0) is 37.1 Å². The predicted molar refractivity (Wildman–Crippen MR) is 89.1 cm³/mol. The van der Waals surface area contributed by atoms with Gasteiger partial charge in [-0.25, -0.2) is 18.1 Å². The van der Waals surface area contributed by atoms with E-state index in [2.05, 4.69) is 14.6 Å². The molecule has 1 aromatic carbocycles. The second kappa shape index (κ2) is 6.54. The van der Waals surface area contributed by atoms with Crippen molar-refractivity contribution in [3.05, 3.63) is 40.9 Å². The van der Waals surface area contributed by atoms with Crippen molar-refractivity contribution in [3.8, 4) is 0 Å². The SMILES string of the molecule is O=S(=O)(NC1CCN(c2nccs2)CC1)c1ccc(Cl)cc1. The molecule has 0 amide bonds. The average molecular weight is 358 g/mol. The number of halogens is 1. The number of rotatable bonds is 4. The smallest absolute Gasteiger partial charge is 0.240 e. The minimum Gasteiger partial charge on any atom is -0.348 e. The maximum absolute atomic E-state index is 12.3. The number of hydrogen-bond donors (Lipinski definition) is 1. The molecular weight excluding hydrogens is 342 g/mol. The van der Waals surface area contributed by atoms with E-state index in [0.717, 1.165) is 31.1 Å². The van der Waals surface area contributed by atoms with E-state index in [-0.39, 0.29) is 10.9 Å². The first-order valence-corrected chi connectivity index (χ1v) is 9.71. The van der Waals surface area contributed by atoms with Crippen LogP contribution in [0.2, 0.25) is 5.02 Å². The first-order valence-electron chi connectivity index (χ1n) is 6.97. The van der Waals surface area contributed by atoms with Crippen molar-refractivity contribution in [1.82, 2.24) is 9.71 Å². The van der Waals surface area contributed by atoms with Gasteiger partial charge in [-0.3, -0.25) is 0 Å². The highest BCUT2D eigenvalue weighted by atomic mass is 35.5. The molecule has 1 N–H and O–H groups in total. The molecule has 0 spiro atoms. The molecule has 1 aliphatic heterocycles. The first kappa shape index (κ1) is 15.7. The number of aromatic nitrogens is 1. The molecule has 0 unspecified atom stereocenters. The minimum atomic E-state index is -3.49. The van der Waals surface area contributed by atoms with Gasteiger partial charge in [-0.15, -0.1) is 11.3 Å². The van der Waals surface area contributed by atoms with Crippen molar-refractivity contribution in [3.63, 3.8) is 0 Å². The minimum absolute atomic E-state index is 0.0445. The van der Waals surface area contributed by atoms with Crippen LogP contribution in [-0.4, -0.2) is 32.5 Å². The summed E-state index contributed by atoms with van der Waals surface area (Å²) in [5.41, 5.74) is 0. The van der Waals surface area contributed by atoms with Gasteiger partial charge in [-0.1, -0.05) is 11.6 Å². The summed E-state index contributed by atoms with van der Waals surface area (Å²) in [6.45, 7) is 1.61. The van der Waals surface area contributed by atoms with Gasteiger partial charge in [-0.2, -0.15) is 0 Å². The molecule has 0 bridgehead atoms. The normalized spacial score (nSPS) is 16.9. The van der Waals surface area contributed by atoms with Gasteiger partial charge in [0.2, 0.25) is 10.0 Å². The van der Waals surface area contributed by atoms with Crippen LogP contribution < -0.4 is 9.62 Å². The Morgan fingerprint density at radius 3 is 2.50 bits per heavy atom. The zero-order valence-corrected chi connectivity index (χ0v) is 14.2. The van der Waals surface area contributed by atoms with Crippen molar-refractivity contribution in [2.24, 2.45) is 0 Å². The van der Waals surface area contributed by atoms with Crippen LogP contribution in [0.25, 0.3) is 0 Å². The summed E-state index contributed by atoms with van der Waals surface area (Å²) in [7, 11) is -3.49. The third kappa shape index (κ3) is 3.60. The zero-order valence-electron chi connectivity index (χ0n) is 11.8. The summed E-state index contributed by atoms with van der Waals surface area (Å²) in [6.07, 6.45) is 3.33. The lowest BCUT2D eigenvalue weighted by atomic mass is 10.1. The van der Waals surface area contributed by atoms with Gasteiger partial charge in [0, 0.05) is 35.7 Å².